The van der Waals surface area contributed by atoms with Crippen molar-refractivity contribution in [1.82, 2.24) is 15.5 Å². The summed E-state index contributed by atoms with van der Waals surface area (Å²) in [6, 6.07) is 34.2. The van der Waals surface area contributed by atoms with E-state index in [-0.39, 0.29) is 43.5 Å². The lowest BCUT2D eigenvalue weighted by molar-refractivity contribution is -0.253. The maximum atomic E-state index is 13.3. The van der Waals surface area contributed by atoms with E-state index in [0.717, 1.165) is 65.0 Å². The number of hydrogen-bond acceptors (Lipinski definition) is 8. The highest BCUT2D eigenvalue weighted by atomic mass is 16.7. The van der Waals surface area contributed by atoms with Gasteiger partial charge in [0.15, 0.2) is 6.29 Å². The fourth-order valence-corrected chi connectivity index (χ4v) is 7.87. The van der Waals surface area contributed by atoms with E-state index in [4.69, 9.17) is 14.6 Å². The van der Waals surface area contributed by atoms with Crippen molar-refractivity contribution >= 4 is 23.5 Å². The Labute approximate surface area is 315 Å². The van der Waals surface area contributed by atoms with E-state index >= 15 is 0 Å². The van der Waals surface area contributed by atoms with Crippen molar-refractivity contribution in [2.24, 2.45) is 0 Å². The molecule has 3 fully saturated rings. The first-order valence-electron chi connectivity index (χ1n) is 18.8. The molecule has 4 aromatic carbocycles. The van der Waals surface area contributed by atoms with Gasteiger partial charge < -0.3 is 40.1 Å². The molecule has 0 bridgehead atoms. The van der Waals surface area contributed by atoms with Crippen LogP contribution in [0.5, 0.6) is 0 Å². The van der Waals surface area contributed by atoms with Gasteiger partial charge in [-0.25, -0.2) is 0 Å². The monoisotopic (exact) mass is 732 g/mol. The quantitative estimate of drug-likeness (QED) is 0.137. The van der Waals surface area contributed by atoms with E-state index in [1.54, 1.807) is 0 Å². The van der Waals surface area contributed by atoms with Crippen molar-refractivity contribution in [1.29, 1.82) is 0 Å². The zero-order chi connectivity index (χ0) is 37.5. The number of para-hydroxylation sites is 1. The molecule has 3 aliphatic rings. The molecular formula is C43H48N4O7. The third kappa shape index (κ3) is 8.66. The molecule has 11 nitrogen and oxygen atoms in total. The highest BCUT2D eigenvalue weighted by molar-refractivity contribution is 5.93. The number of benzene rings is 4. The summed E-state index contributed by atoms with van der Waals surface area (Å²) in [6.45, 7) is 3.08. The Morgan fingerprint density at radius 1 is 0.833 bits per heavy atom. The summed E-state index contributed by atoms with van der Waals surface area (Å²) in [5, 5.41) is 24.5. The first-order valence-corrected chi connectivity index (χ1v) is 18.8. The third-order valence-electron chi connectivity index (χ3n) is 10.9. The highest BCUT2D eigenvalue weighted by Gasteiger charge is 2.50. The number of amides is 2. The van der Waals surface area contributed by atoms with Crippen molar-refractivity contribution in [2.45, 2.75) is 75.7 Å². The molecule has 3 heterocycles. The van der Waals surface area contributed by atoms with Crippen molar-refractivity contribution in [2.75, 3.05) is 31.2 Å². The summed E-state index contributed by atoms with van der Waals surface area (Å²) in [5.41, 5.74) is 6.17. The van der Waals surface area contributed by atoms with Gasteiger partial charge in [-0.1, -0.05) is 78.9 Å². The minimum Gasteiger partial charge on any atom is -0.481 e. The lowest BCUT2D eigenvalue weighted by Gasteiger charge is -2.45. The van der Waals surface area contributed by atoms with Gasteiger partial charge in [-0.15, -0.1) is 0 Å². The minimum atomic E-state index is -0.906. The van der Waals surface area contributed by atoms with Crippen molar-refractivity contribution < 1.29 is 34.1 Å². The zero-order valence-corrected chi connectivity index (χ0v) is 30.4. The number of aliphatic hydroxyl groups excluding tert-OH is 1. The number of carbonyl (C=O) groups excluding carboxylic acids is 2. The summed E-state index contributed by atoms with van der Waals surface area (Å²) >= 11 is 0. The molecule has 0 aromatic heterocycles. The predicted octanol–water partition coefficient (Wildman–Crippen LogP) is 5.69. The van der Waals surface area contributed by atoms with E-state index in [2.05, 4.69) is 38.6 Å². The van der Waals surface area contributed by atoms with Gasteiger partial charge in [0, 0.05) is 56.7 Å². The van der Waals surface area contributed by atoms with E-state index < -0.39 is 17.8 Å². The minimum absolute atomic E-state index is 0.0243. The van der Waals surface area contributed by atoms with Gasteiger partial charge in [-0.05, 0) is 71.3 Å². The molecular weight excluding hydrogens is 684 g/mol. The Hall–Kier alpha value is -5.07. The number of anilines is 1. The number of ether oxygens (including phenoxy) is 2. The lowest BCUT2D eigenvalue weighted by atomic mass is 9.85. The van der Waals surface area contributed by atoms with Gasteiger partial charge in [-0.2, -0.15) is 0 Å². The Balaban J connectivity index is 1.05. The van der Waals surface area contributed by atoms with Gasteiger partial charge in [0.1, 0.15) is 5.54 Å². The molecule has 0 unspecified atom stereocenters. The fraction of sp³-hybridized carbons (Fsp3) is 0.372. The number of carboxylic acids is 1. The number of piperidine rings is 1. The van der Waals surface area contributed by atoms with E-state index in [1.165, 1.54) is 0 Å². The summed E-state index contributed by atoms with van der Waals surface area (Å²) in [6.07, 6.45) is 1.58. The second-order valence-corrected chi connectivity index (χ2v) is 14.5. The molecule has 0 radical (unpaired) electrons. The maximum Gasteiger partial charge on any atom is 0.303 e. The van der Waals surface area contributed by atoms with E-state index in [0.29, 0.717) is 32.6 Å². The van der Waals surface area contributed by atoms with E-state index in [1.807, 2.05) is 84.9 Å². The molecule has 3 atom stereocenters. The Morgan fingerprint density at radius 2 is 1.57 bits per heavy atom. The lowest BCUT2D eigenvalue weighted by Crippen LogP contribution is -2.57. The van der Waals surface area contributed by atoms with Gasteiger partial charge in [-0.3, -0.25) is 14.4 Å². The molecule has 4 aromatic rings. The van der Waals surface area contributed by atoms with Crippen LogP contribution < -0.4 is 15.5 Å². The summed E-state index contributed by atoms with van der Waals surface area (Å²) in [7, 11) is 0. The van der Waals surface area contributed by atoms with Crippen LogP contribution in [-0.2, 0) is 37.0 Å². The second-order valence-electron chi connectivity index (χ2n) is 14.5. The average molecular weight is 733 g/mol. The largest absolute Gasteiger partial charge is 0.481 e. The molecule has 0 saturated carbocycles. The number of carboxylic acid groups (broad SMARTS) is 1. The molecule has 2 amide bonds. The standard InChI is InChI=1S/C43H48N4O7/c48-28-30-15-17-32(18-16-30)38-25-37(27-46-21-19-43(20-22-46)42(52)45-29-47(43)36-11-2-1-3-12-36)53-41(54-38)35-10-5-9-34(24-35)33-8-4-7-31(23-33)26-44-39(49)13-6-14-40(50)51/h1-5,7-12,15-18,23-24,37-38,41,48H,6,13-14,19-22,25-29H2,(H,44,49)(H,45,52)(H,50,51)/t37-,38+,41+/m1/s1. The van der Waals surface area contributed by atoms with Crippen molar-refractivity contribution in [3.63, 3.8) is 0 Å². The molecule has 1 spiro atoms. The first-order chi connectivity index (χ1) is 26.3. The number of nitrogens with zero attached hydrogens (tertiary/aromatic N) is 2. The van der Waals surface area contributed by atoms with Gasteiger partial charge in [0.25, 0.3) is 0 Å². The number of nitrogens with one attached hydrogen (secondary N) is 2. The average Bonchev–Trinajstić information content (AvgIpc) is 3.52. The van der Waals surface area contributed by atoms with Crippen LogP contribution in [0.3, 0.4) is 0 Å². The normalized spacial score (nSPS) is 21.2. The SMILES string of the molecule is O=C(O)CCCC(=O)NCc1cccc(-c2cccc([C@H]3O[C@@H](CN4CCC5(CC4)C(=O)NCN5c4ccccc4)C[C@@H](c4ccc(CO)cc4)O3)c2)c1. The Bertz CT molecular complexity index is 1910. The molecule has 282 valence electrons. The number of likely N-dealkylation sites (tertiary alicyclic amines) is 1. The smallest absolute Gasteiger partial charge is 0.303 e. The number of rotatable bonds is 13. The fourth-order valence-electron chi connectivity index (χ4n) is 7.87. The van der Waals surface area contributed by atoms with Crippen LogP contribution in [0.25, 0.3) is 11.1 Å². The van der Waals surface area contributed by atoms with Gasteiger partial charge in [0.2, 0.25) is 11.8 Å². The molecule has 7 rings (SSSR count). The summed E-state index contributed by atoms with van der Waals surface area (Å²) in [4.78, 5) is 41.0. The molecule has 4 N–H and O–H groups in total. The molecule has 3 aliphatic heterocycles. The van der Waals surface area contributed by atoms with Gasteiger partial charge >= 0.3 is 5.97 Å². The predicted molar refractivity (Wildman–Crippen MR) is 204 cm³/mol. The van der Waals surface area contributed by atoms with Gasteiger partial charge in [0.05, 0.1) is 25.5 Å². The maximum absolute atomic E-state index is 13.3. The first kappa shape index (κ1) is 37.3. The van der Waals surface area contributed by atoms with Crippen LogP contribution in [0, 0.1) is 0 Å². The molecule has 54 heavy (non-hydrogen) atoms. The highest BCUT2D eigenvalue weighted by Crippen LogP contribution is 2.41. The van der Waals surface area contributed by atoms with Crippen LogP contribution in [0.4, 0.5) is 5.69 Å². The Kier molecular flexibility index (Phi) is 11.7. The summed E-state index contributed by atoms with van der Waals surface area (Å²) < 4.78 is 13.4. The molecule has 0 aliphatic carbocycles. The Morgan fingerprint density at radius 3 is 2.31 bits per heavy atom. The van der Waals surface area contributed by atoms with Crippen LogP contribution in [-0.4, -0.2) is 70.8 Å². The molecule has 11 heteroatoms. The number of carbonyl (C=O) groups is 3. The number of hydrogen-bond donors (Lipinski definition) is 4. The van der Waals surface area contributed by atoms with Crippen molar-refractivity contribution in [3.8, 4) is 11.1 Å². The van der Waals surface area contributed by atoms with E-state index in [9.17, 15) is 19.5 Å². The molecule has 3 saturated heterocycles. The van der Waals surface area contributed by atoms with Crippen LogP contribution in [0.1, 0.15) is 73.2 Å². The van der Waals surface area contributed by atoms with Crippen LogP contribution in [0.15, 0.2) is 103 Å². The van der Waals surface area contributed by atoms with Crippen molar-refractivity contribution in [3.05, 3.63) is 125 Å². The van der Waals surface area contributed by atoms with Crippen LogP contribution in [0.2, 0.25) is 0 Å². The number of aliphatic carboxylic acids is 1. The second kappa shape index (κ2) is 16.9. The number of aliphatic hydroxyl groups is 1. The summed E-state index contributed by atoms with van der Waals surface area (Å²) in [5.74, 6) is -0.980. The third-order valence-corrected chi connectivity index (χ3v) is 10.9. The topological polar surface area (TPSA) is 141 Å². The zero-order valence-electron chi connectivity index (χ0n) is 30.4. The van der Waals surface area contributed by atoms with Crippen LogP contribution >= 0.6 is 0 Å².